The number of benzene rings is 1. The SMILES string of the molecule is CCOC(=O)C1=C(c2cc3c(cc2C(=O)OCCSI)-c2sccc2CCO3)CCCC1. The van der Waals surface area contributed by atoms with Gasteiger partial charge in [-0.3, -0.25) is 0 Å². The molecule has 0 fully saturated rings. The van der Waals surface area contributed by atoms with E-state index in [0.29, 0.717) is 37.4 Å². The fourth-order valence-electron chi connectivity index (χ4n) is 4.22. The van der Waals surface area contributed by atoms with E-state index in [1.807, 2.05) is 19.1 Å². The average Bonchev–Trinajstić information content (AvgIpc) is 3.20. The lowest BCUT2D eigenvalue weighted by Crippen LogP contribution is -2.16. The summed E-state index contributed by atoms with van der Waals surface area (Å²) in [6, 6.07) is 5.95. The van der Waals surface area contributed by atoms with Crippen LogP contribution in [0.15, 0.2) is 29.2 Å². The number of ether oxygens (including phenoxy) is 3. The lowest BCUT2D eigenvalue weighted by molar-refractivity contribution is -0.138. The third-order valence-electron chi connectivity index (χ3n) is 5.67. The maximum absolute atomic E-state index is 13.2. The molecule has 2 aromatic rings. The van der Waals surface area contributed by atoms with Gasteiger partial charge in [0.15, 0.2) is 0 Å². The molecule has 0 saturated carbocycles. The zero-order valence-corrected chi connectivity index (χ0v) is 21.7. The van der Waals surface area contributed by atoms with Gasteiger partial charge in [0.1, 0.15) is 12.4 Å². The maximum atomic E-state index is 13.2. The van der Waals surface area contributed by atoms with E-state index in [-0.39, 0.29) is 11.9 Å². The number of allylic oxidation sites excluding steroid dienone is 1. The highest BCUT2D eigenvalue weighted by Crippen LogP contribution is 2.44. The third kappa shape index (κ3) is 5.02. The molecule has 0 N–H and O–H groups in total. The van der Waals surface area contributed by atoms with Crippen molar-refractivity contribution in [3.8, 4) is 16.2 Å². The summed E-state index contributed by atoms with van der Waals surface area (Å²) in [5.74, 6) is 0.819. The lowest BCUT2D eigenvalue weighted by atomic mass is 9.84. The van der Waals surface area contributed by atoms with Crippen molar-refractivity contribution in [1.82, 2.24) is 0 Å². The van der Waals surface area contributed by atoms with Gasteiger partial charge in [-0.1, -0.05) is 8.93 Å². The first-order chi connectivity index (χ1) is 15.6. The van der Waals surface area contributed by atoms with Crippen LogP contribution in [0.5, 0.6) is 5.75 Å². The Balaban J connectivity index is 1.86. The van der Waals surface area contributed by atoms with Crippen LogP contribution in [0.25, 0.3) is 16.0 Å². The third-order valence-corrected chi connectivity index (χ3v) is 8.30. The highest BCUT2D eigenvalue weighted by molar-refractivity contribution is 14.2. The molecule has 0 bridgehead atoms. The van der Waals surface area contributed by atoms with Crippen LogP contribution in [0.3, 0.4) is 0 Å². The van der Waals surface area contributed by atoms with Crippen LogP contribution < -0.4 is 4.74 Å². The van der Waals surface area contributed by atoms with Gasteiger partial charge in [0, 0.05) is 28.2 Å². The van der Waals surface area contributed by atoms with Crippen LogP contribution >= 0.6 is 41.5 Å². The Morgan fingerprint density at radius 2 is 1.97 bits per heavy atom. The second-order valence-corrected chi connectivity index (χ2v) is 11.0. The van der Waals surface area contributed by atoms with Crippen molar-refractivity contribution in [2.45, 2.75) is 39.0 Å². The summed E-state index contributed by atoms with van der Waals surface area (Å²) in [6.45, 7) is 3.06. The molecule has 0 unspecified atom stereocenters. The van der Waals surface area contributed by atoms with Crippen LogP contribution in [0, 0.1) is 0 Å². The highest BCUT2D eigenvalue weighted by Gasteiger charge is 2.28. The maximum Gasteiger partial charge on any atom is 0.338 e. The second-order valence-electron chi connectivity index (χ2n) is 7.60. The number of halogens is 1. The summed E-state index contributed by atoms with van der Waals surface area (Å²) in [4.78, 5) is 27.0. The number of carbonyl (C=O) groups excluding carboxylic acids is 2. The quantitative estimate of drug-likeness (QED) is 0.211. The van der Waals surface area contributed by atoms with Gasteiger partial charge in [-0.25, -0.2) is 9.59 Å². The van der Waals surface area contributed by atoms with Gasteiger partial charge in [0.25, 0.3) is 0 Å². The minimum atomic E-state index is -0.364. The van der Waals surface area contributed by atoms with Crippen LogP contribution in [0.1, 0.15) is 54.1 Å². The van der Waals surface area contributed by atoms with Gasteiger partial charge < -0.3 is 14.2 Å². The Labute approximate surface area is 208 Å². The fourth-order valence-corrected chi connectivity index (χ4v) is 5.89. The number of hydrogen-bond acceptors (Lipinski definition) is 7. The van der Waals surface area contributed by atoms with Crippen molar-refractivity contribution in [3.05, 3.63) is 45.8 Å². The minimum absolute atomic E-state index is 0.292. The first-order valence-corrected chi connectivity index (χ1v) is 15.2. The molecule has 1 aromatic heterocycles. The molecule has 1 aromatic carbocycles. The van der Waals surface area contributed by atoms with Crippen LogP contribution in [-0.2, 0) is 20.7 Å². The molecular formula is C24H25IO5S2. The second kappa shape index (κ2) is 11.1. The zero-order valence-electron chi connectivity index (χ0n) is 17.9. The summed E-state index contributed by atoms with van der Waals surface area (Å²) in [7, 11) is 1.60. The molecule has 1 aliphatic heterocycles. The Kier molecular flexibility index (Phi) is 8.17. The van der Waals surface area contributed by atoms with Gasteiger partial charge in [-0.2, -0.15) is 0 Å². The van der Waals surface area contributed by atoms with E-state index < -0.39 is 0 Å². The summed E-state index contributed by atoms with van der Waals surface area (Å²) in [6.07, 6.45) is 4.10. The Morgan fingerprint density at radius 1 is 1.12 bits per heavy atom. The number of esters is 2. The number of fused-ring (bicyclic) bond motifs is 3. The molecule has 32 heavy (non-hydrogen) atoms. The van der Waals surface area contributed by atoms with E-state index >= 15 is 0 Å². The molecule has 0 spiro atoms. The van der Waals surface area contributed by atoms with Crippen LogP contribution in [0.4, 0.5) is 0 Å². The first-order valence-electron chi connectivity index (χ1n) is 10.8. The number of rotatable bonds is 7. The highest BCUT2D eigenvalue weighted by atomic mass is 127. The molecule has 2 aliphatic rings. The molecule has 0 radical (unpaired) electrons. The molecule has 8 heteroatoms. The number of hydrogen-bond donors (Lipinski definition) is 0. The predicted octanol–water partition coefficient (Wildman–Crippen LogP) is 6.48. The van der Waals surface area contributed by atoms with Crippen molar-refractivity contribution in [2.75, 3.05) is 25.6 Å². The molecule has 0 atom stereocenters. The van der Waals surface area contributed by atoms with Gasteiger partial charge in [-0.05, 0) is 94.1 Å². The molecule has 0 amide bonds. The Morgan fingerprint density at radius 3 is 2.78 bits per heavy atom. The topological polar surface area (TPSA) is 61.8 Å². The Bertz CT molecular complexity index is 1040. The summed E-state index contributed by atoms with van der Waals surface area (Å²) in [5.41, 5.74) is 4.92. The van der Waals surface area contributed by atoms with Crippen molar-refractivity contribution < 1.29 is 23.8 Å². The van der Waals surface area contributed by atoms with E-state index in [9.17, 15) is 9.59 Å². The summed E-state index contributed by atoms with van der Waals surface area (Å²) >= 11 is 3.85. The lowest BCUT2D eigenvalue weighted by Gasteiger charge is -2.22. The smallest absolute Gasteiger partial charge is 0.338 e. The monoisotopic (exact) mass is 584 g/mol. The van der Waals surface area contributed by atoms with E-state index in [1.54, 1.807) is 20.3 Å². The fraction of sp³-hybridized carbons (Fsp3) is 0.417. The largest absolute Gasteiger partial charge is 0.493 e. The van der Waals surface area contributed by atoms with E-state index in [1.165, 1.54) is 5.56 Å². The van der Waals surface area contributed by atoms with Crippen molar-refractivity contribution in [3.63, 3.8) is 0 Å². The van der Waals surface area contributed by atoms with Crippen molar-refractivity contribution >= 4 is 59.0 Å². The Hall–Kier alpha value is -1.52. The summed E-state index contributed by atoms with van der Waals surface area (Å²) in [5, 5.41) is 2.08. The first kappa shape index (κ1) is 23.6. The van der Waals surface area contributed by atoms with Crippen molar-refractivity contribution in [2.24, 2.45) is 0 Å². The van der Waals surface area contributed by atoms with Crippen molar-refractivity contribution in [1.29, 1.82) is 0 Å². The van der Waals surface area contributed by atoms with Gasteiger partial charge in [0.05, 0.1) is 18.8 Å². The molecular weight excluding hydrogens is 559 g/mol. The number of carbonyl (C=O) groups is 2. The molecule has 170 valence electrons. The average molecular weight is 584 g/mol. The molecule has 5 nitrogen and oxygen atoms in total. The standard InChI is InChI=1S/C24H25IO5S2/c1-2-28-23(26)17-6-4-3-5-16(17)18-14-21-20(13-19(18)24(27)30-10-12-32-25)22-15(7-9-29-21)8-11-31-22/h8,11,13-14H,2-7,9-10,12H2,1H3. The minimum Gasteiger partial charge on any atom is -0.493 e. The zero-order chi connectivity index (χ0) is 22.5. The van der Waals surface area contributed by atoms with Gasteiger partial charge >= 0.3 is 11.9 Å². The van der Waals surface area contributed by atoms with E-state index in [4.69, 9.17) is 14.2 Å². The molecule has 0 saturated heterocycles. The van der Waals surface area contributed by atoms with E-state index in [0.717, 1.165) is 58.8 Å². The molecule has 4 rings (SSSR count). The normalized spacial score (nSPS) is 15.3. The predicted molar refractivity (Wildman–Crippen MR) is 138 cm³/mol. The van der Waals surface area contributed by atoms with E-state index in [2.05, 4.69) is 32.7 Å². The number of thiophene rings is 1. The van der Waals surface area contributed by atoms with Crippen LogP contribution in [0.2, 0.25) is 0 Å². The molecule has 2 heterocycles. The van der Waals surface area contributed by atoms with Crippen LogP contribution in [-0.4, -0.2) is 37.5 Å². The molecule has 1 aliphatic carbocycles. The summed E-state index contributed by atoms with van der Waals surface area (Å²) < 4.78 is 17.0. The van der Waals surface area contributed by atoms with Gasteiger partial charge in [0.2, 0.25) is 0 Å². The van der Waals surface area contributed by atoms with Gasteiger partial charge in [-0.15, -0.1) is 11.3 Å².